The third-order valence-electron chi connectivity index (χ3n) is 4.15. The maximum absolute atomic E-state index is 13.1. The standard InChI is InChI=1S/C9H13F2N.ClH/c10-9(11)5-8(9)2-1-6-3-12-4-7(6)8;/h6-7,12H,1-5H2;1H. The van der Waals surface area contributed by atoms with Crippen molar-refractivity contribution < 1.29 is 8.78 Å². The van der Waals surface area contributed by atoms with Gasteiger partial charge in [0, 0.05) is 11.8 Å². The van der Waals surface area contributed by atoms with E-state index in [-0.39, 0.29) is 24.7 Å². The van der Waals surface area contributed by atoms with Gasteiger partial charge in [-0.1, -0.05) is 0 Å². The highest BCUT2D eigenvalue weighted by molar-refractivity contribution is 5.85. The first-order chi connectivity index (χ1) is 5.66. The molecule has 0 aromatic heterocycles. The smallest absolute Gasteiger partial charge is 0.254 e. The Hall–Kier alpha value is 0.110. The highest BCUT2D eigenvalue weighted by Gasteiger charge is 2.76. The Labute approximate surface area is 82.7 Å². The summed E-state index contributed by atoms with van der Waals surface area (Å²) in [4.78, 5) is 0. The molecule has 76 valence electrons. The number of fused-ring (bicyclic) bond motifs is 2. The van der Waals surface area contributed by atoms with E-state index in [2.05, 4.69) is 5.32 Å². The number of nitrogens with one attached hydrogen (secondary N) is 1. The van der Waals surface area contributed by atoms with Crippen molar-refractivity contribution in [2.75, 3.05) is 13.1 Å². The molecule has 1 nitrogen and oxygen atoms in total. The molecule has 0 aromatic carbocycles. The van der Waals surface area contributed by atoms with Crippen LogP contribution in [0.5, 0.6) is 0 Å². The van der Waals surface area contributed by atoms with E-state index in [1.165, 1.54) is 0 Å². The van der Waals surface area contributed by atoms with Crippen LogP contribution in [-0.4, -0.2) is 19.0 Å². The van der Waals surface area contributed by atoms with E-state index in [9.17, 15) is 8.78 Å². The zero-order valence-electron chi connectivity index (χ0n) is 7.35. The molecule has 3 rings (SSSR count). The Morgan fingerprint density at radius 3 is 2.54 bits per heavy atom. The first kappa shape index (κ1) is 9.66. The van der Waals surface area contributed by atoms with Gasteiger partial charge in [0.2, 0.25) is 0 Å². The van der Waals surface area contributed by atoms with Gasteiger partial charge in [-0.15, -0.1) is 12.4 Å². The summed E-state index contributed by atoms with van der Waals surface area (Å²) in [6, 6.07) is 0. The molecule has 2 saturated carbocycles. The van der Waals surface area contributed by atoms with Gasteiger partial charge in [-0.2, -0.15) is 0 Å². The molecular weight excluding hydrogens is 196 g/mol. The van der Waals surface area contributed by atoms with E-state index in [4.69, 9.17) is 0 Å². The summed E-state index contributed by atoms with van der Waals surface area (Å²) in [6.07, 6.45) is 1.97. The fourth-order valence-corrected chi connectivity index (χ4v) is 3.34. The van der Waals surface area contributed by atoms with Gasteiger partial charge in [0.15, 0.2) is 0 Å². The van der Waals surface area contributed by atoms with Crippen molar-refractivity contribution in [2.24, 2.45) is 17.3 Å². The highest BCUT2D eigenvalue weighted by Crippen LogP contribution is 2.72. The molecule has 3 fully saturated rings. The molecule has 1 aliphatic heterocycles. The van der Waals surface area contributed by atoms with Crippen LogP contribution in [0.1, 0.15) is 19.3 Å². The average Bonchev–Trinajstić information content (AvgIpc) is 2.41. The van der Waals surface area contributed by atoms with Crippen molar-refractivity contribution in [3.63, 3.8) is 0 Å². The molecule has 0 radical (unpaired) electrons. The topological polar surface area (TPSA) is 12.0 Å². The SMILES string of the molecule is Cl.FC1(F)CC12CCC1CNCC12. The molecule has 3 unspecified atom stereocenters. The molecule has 2 aliphatic carbocycles. The molecular formula is C9H14ClF2N. The Morgan fingerprint density at radius 1 is 1.23 bits per heavy atom. The zero-order chi connectivity index (χ0) is 8.40. The lowest BCUT2D eigenvalue weighted by molar-refractivity contribution is 0.0482. The number of hydrogen-bond donors (Lipinski definition) is 1. The maximum Gasteiger partial charge on any atom is 0.254 e. The molecule has 1 heterocycles. The van der Waals surface area contributed by atoms with E-state index in [1.54, 1.807) is 0 Å². The number of halogens is 3. The van der Waals surface area contributed by atoms with Crippen molar-refractivity contribution in [3.8, 4) is 0 Å². The van der Waals surface area contributed by atoms with Crippen molar-refractivity contribution >= 4 is 12.4 Å². The first-order valence-corrected chi connectivity index (χ1v) is 4.74. The molecule has 1 spiro atoms. The van der Waals surface area contributed by atoms with Crippen LogP contribution < -0.4 is 5.32 Å². The van der Waals surface area contributed by atoms with Gasteiger partial charge < -0.3 is 5.32 Å². The van der Waals surface area contributed by atoms with Gasteiger partial charge in [0.05, 0.1) is 0 Å². The normalized spacial score (nSPS) is 50.3. The largest absolute Gasteiger partial charge is 0.316 e. The van der Waals surface area contributed by atoms with Crippen LogP contribution in [0.25, 0.3) is 0 Å². The van der Waals surface area contributed by atoms with Crippen LogP contribution >= 0.6 is 12.4 Å². The van der Waals surface area contributed by atoms with Crippen molar-refractivity contribution in [1.82, 2.24) is 5.32 Å². The van der Waals surface area contributed by atoms with Crippen LogP contribution in [0.2, 0.25) is 0 Å². The van der Waals surface area contributed by atoms with Crippen LogP contribution in [0, 0.1) is 17.3 Å². The van der Waals surface area contributed by atoms with E-state index >= 15 is 0 Å². The maximum atomic E-state index is 13.1. The summed E-state index contributed by atoms with van der Waals surface area (Å²) in [5.41, 5.74) is -0.554. The van der Waals surface area contributed by atoms with E-state index < -0.39 is 11.3 Å². The van der Waals surface area contributed by atoms with Crippen molar-refractivity contribution in [1.29, 1.82) is 0 Å². The fraction of sp³-hybridized carbons (Fsp3) is 1.00. The molecule has 3 atom stereocenters. The minimum absolute atomic E-state index is 0. The third-order valence-corrected chi connectivity index (χ3v) is 4.15. The Morgan fingerprint density at radius 2 is 1.92 bits per heavy atom. The second-order valence-corrected chi connectivity index (χ2v) is 4.60. The van der Waals surface area contributed by atoms with Crippen molar-refractivity contribution in [3.05, 3.63) is 0 Å². The molecule has 4 heteroatoms. The van der Waals surface area contributed by atoms with Gasteiger partial charge in [0.25, 0.3) is 5.92 Å². The average molecular weight is 210 g/mol. The quantitative estimate of drug-likeness (QED) is 0.644. The predicted octanol–water partition coefficient (Wildman–Crippen LogP) is 2.06. The van der Waals surface area contributed by atoms with E-state index in [0.717, 1.165) is 25.9 Å². The van der Waals surface area contributed by atoms with E-state index in [0.29, 0.717) is 5.92 Å². The van der Waals surface area contributed by atoms with Crippen LogP contribution in [0.15, 0.2) is 0 Å². The molecule has 0 bridgehead atoms. The summed E-state index contributed by atoms with van der Waals surface area (Å²) >= 11 is 0. The first-order valence-electron chi connectivity index (χ1n) is 4.74. The molecule has 1 saturated heterocycles. The van der Waals surface area contributed by atoms with Gasteiger partial charge >= 0.3 is 0 Å². The second kappa shape index (κ2) is 2.57. The summed E-state index contributed by atoms with van der Waals surface area (Å²) in [7, 11) is 0. The summed E-state index contributed by atoms with van der Waals surface area (Å²) in [5.74, 6) is -1.48. The number of alkyl halides is 2. The fourth-order valence-electron chi connectivity index (χ4n) is 3.34. The molecule has 13 heavy (non-hydrogen) atoms. The van der Waals surface area contributed by atoms with Gasteiger partial charge in [0.1, 0.15) is 0 Å². The Balaban J connectivity index is 0.000000653. The monoisotopic (exact) mass is 209 g/mol. The lowest BCUT2D eigenvalue weighted by Gasteiger charge is -2.16. The van der Waals surface area contributed by atoms with Crippen molar-refractivity contribution in [2.45, 2.75) is 25.2 Å². The van der Waals surface area contributed by atoms with E-state index in [1.807, 2.05) is 0 Å². The number of hydrogen-bond acceptors (Lipinski definition) is 1. The Bertz CT molecular complexity index is 234. The Kier molecular flexibility index (Phi) is 1.91. The summed E-state index contributed by atoms with van der Waals surface area (Å²) < 4.78 is 26.2. The van der Waals surface area contributed by atoms with Gasteiger partial charge in [-0.3, -0.25) is 0 Å². The molecule has 0 aromatic rings. The third kappa shape index (κ3) is 1.00. The predicted molar refractivity (Wildman–Crippen MR) is 48.3 cm³/mol. The number of rotatable bonds is 0. The highest BCUT2D eigenvalue weighted by atomic mass is 35.5. The lowest BCUT2D eigenvalue weighted by Crippen LogP contribution is -2.22. The lowest BCUT2D eigenvalue weighted by atomic mass is 9.89. The molecule has 3 aliphatic rings. The van der Waals surface area contributed by atoms with Crippen LogP contribution in [0.3, 0.4) is 0 Å². The van der Waals surface area contributed by atoms with Crippen LogP contribution in [0.4, 0.5) is 8.78 Å². The van der Waals surface area contributed by atoms with Gasteiger partial charge in [-0.25, -0.2) is 8.78 Å². The second-order valence-electron chi connectivity index (χ2n) is 4.60. The van der Waals surface area contributed by atoms with Crippen LogP contribution in [-0.2, 0) is 0 Å². The zero-order valence-corrected chi connectivity index (χ0v) is 8.17. The minimum Gasteiger partial charge on any atom is -0.316 e. The minimum atomic E-state index is -2.32. The molecule has 0 amide bonds. The summed E-state index contributed by atoms with van der Waals surface area (Å²) in [6.45, 7) is 1.81. The summed E-state index contributed by atoms with van der Waals surface area (Å²) in [5, 5.41) is 3.22. The molecule has 1 N–H and O–H groups in total. The van der Waals surface area contributed by atoms with Gasteiger partial charge in [-0.05, 0) is 37.8 Å².